The fourth-order valence-corrected chi connectivity index (χ4v) is 2.66. The molecule has 0 saturated heterocycles. The molecule has 0 aliphatic heterocycles. The van der Waals surface area contributed by atoms with E-state index < -0.39 is 30.2 Å². The number of nitrogens with one attached hydrogen (secondary N) is 1. The summed E-state index contributed by atoms with van der Waals surface area (Å²) in [5, 5.41) is 22.5. The third-order valence-corrected chi connectivity index (χ3v) is 3.87. The Kier molecular flexibility index (Phi) is 6.85. The molecule has 0 bridgehead atoms. The Hall–Kier alpha value is -2.74. The van der Waals surface area contributed by atoms with Gasteiger partial charge >= 0.3 is 5.97 Å². The van der Waals surface area contributed by atoms with Gasteiger partial charge in [-0.15, -0.1) is 0 Å². The molecule has 7 heteroatoms. The number of carboxylic acid groups (broad SMARTS) is 1. The first-order valence-corrected chi connectivity index (χ1v) is 7.94. The van der Waals surface area contributed by atoms with Gasteiger partial charge in [-0.3, -0.25) is 4.79 Å². The molecular weight excluding hydrogens is 338 g/mol. The monoisotopic (exact) mass is 359 g/mol. The first-order chi connectivity index (χ1) is 12.5. The minimum absolute atomic E-state index is 0.00660. The molecule has 0 spiro atoms. The normalized spacial score (nSPS) is 12.4. The van der Waals surface area contributed by atoms with Crippen molar-refractivity contribution in [3.8, 4) is 0 Å². The van der Waals surface area contributed by atoms with Crippen molar-refractivity contribution in [2.45, 2.75) is 11.7 Å². The van der Waals surface area contributed by atoms with E-state index in [2.05, 4.69) is 5.32 Å². The van der Waals surface area contributed by atoms with E-state index in [1.165, 1.54) is 7.11 Å². The Bertz CT molecular complexity index is 680. The quantitative estimate of drug-likeness (QED) is 0.580. The minimum Gasteiger partial charge on any atom is -0.479 e. The number of carboxylic acids is 1. The number of methoxy groups -OCH3 is 1. The number of hydrogen-bond donors (Lipinski definition) is 3. The molecular formula is C19H21NO6. The molecule has 7 nitrogen and oxygen atoms in total. The Balaban J connectivity index is 2.50. The predicted octanol–water partition coefficient (Wildman–Crippen LogP) is 1.11. The molecule has 0 saturated carbocycles. The Labute approximate surface area is 151 Å². The maximum Gasteiger partial charge on any atom is 0.336 e. The van der Waals surface area contributed by atoms with Gasteiger partial charge in [0.15, 0.2) is 11.7 Å². The van der Waals surface area contributed by atoms with Crippen LogP contribution in [-0.4, -0.2) is 48.6 Å². The summed E-state index contributed by atoms with van der Waals surface area (Å²) in [6.07, 6.45) is -1.93. The van der Waals surface area contributed by atoms with Crippen LogP contribution in [0.5, 0.6) is 0 Å². The summed E-state index contributed by atoms with van der Waals surface area (Å²) in [6.45, 7) is -0.467. The number of aliphatic hydroxyl groups is 1. The number of aliphatic hydroxyl groups excluding tert-OH is 1. The number of rotatable bonds is 9. The fraction of sp³-hybridized carbons (Fsp3) is 0.263. The number of amides is 1. The van der Waals surface area contributed by atoms with Gasteiger partial charge in [-0.05, 0) is 11.1 Å². The van der Waals surface area contributed by atoms with Crippen LogP contribution in [0.3, 0.4) is 0 Å². The molecule has 0 heterocycles. The van der Waals surface area contributed by atoms with E-state index in [0.717, 1.165) is 0 Å². The van der Waals surface area contributed by atoms with E-state index in [9.17, 15) is 19.8 Å². The van der Waals surface area contributed by atoms with Gasteiger partial charge in [0.25, 0.3) is 0 Å². The molecule has 2 rings (SSSR count). The highest BCUT2D eigenvalue weighted by Crippen LogP contribution is 2.37. The second-order valence-electron chi connectivity index (χ2n) is 5.53. The third kappa shape index (κ3) is 4.26. The van der Waals surface area contributed by atoms with E-state index in [0.29, 0.717) is 11.1 Å². The summed E-state index contributed by atoms with van der Waals surface area (Å²) in [4.78, 5) is 23.6. The molecule has 0 radical (unpaired) electrons. The molecule has 0 aliphatic rings. The summed E-state index contributed by atoms with van der Waals surface area (Å²) in [5.41, 5.74) is -0.917. The van der Waals surface area contributed by atoms with Crippen LogP contribution < -0.4 is 5.32 Å². The van der Waals surface area contributed by atoms with E-state index >= 15 is 0 Å². The molecule has 0 fully saturated rings. The summed E-state index contributed by atoms with van der Waals surface area (Å²) in [6, 6.07) is 16.9. The molecule has 1 unspecified atom stereocenters. The third-order valence-electron chi connectivity index (χ3n) is 3.87. The average Bonchev–Trinajstić information content (AvgIpc) is 2.68. The first-order valence-electron chi connectivity index (χ1n) is 7.94. The molecule has 138 valence electrons. The number of ether oxygens (including phenoxy) is 2. The van der Waals surface area contributed by atoms with Crippen LogP contribution >= 0.6 is 0 Å². The van der Waals surface area contributed by atoms with Gasteiger partial charge in [0.05, 0.1) is 0 Å². The largest absolute Gasteiger partial charge is 0.479 e. The van der Waals surface area contributed by atoms with Crippen molar-refractivity contribution in [1.82, 2.24) is 5.32 Å². The highest BCUT2D eigenvalue weighted by Gasteiger charge is 2.47. The number of carbonyl (C=O) groups excluding carboxylic acids is 1. The van der Waals surface area contributed by atoms with Crippen LogP contribution in [0.4, 0.5) is 0 Å². The summed E-state index contributed by atoms with van der Waals surface area (Å²) in [5.74, 6) is -1.96. The second-order valence-corrected chi connectivity index (χ2v) is 5.53. The van der Waals surface area contributed by atoms with Crippen molar-refractivity contribution in [2.24, 2.45) is 0 Å². The zero-order valence-electron chi connectivity index (χ0n) is 14.3. The van der Waals surface area contributed by atoms with Crippen molar-refractivity contribution in [1.29, 1.82) is 0 Å². The SMILES string of the molecule is COCNC(=O)COC(c1ccccc1)(c1ccccc1)C(O)C(=O)O. The van der Waals surface area contributed by atoms with Crippen molar-refractivity contribution < 1.29 is 29.3 Å². The smallest absolute Gasteiger partial charge is 0.336 e. The molecule has 1 amide bonds. The summed E-state index contributed by atoms with van der Waals surface area (Å²) >= 11 is 0. The molecule has 3 N–H and O–H groups in total. The highest BCUT2D eigenvalue weighted by molar-refractivity contribution is 5.78. The van der Waals surface area contributed by atoms with Crippen molar-refractivity contribution in [3.05, 3.63) is 71.8 Å². The van der Waals surface area contributed by atoms with Crippen molar-refractivity contribution in [2.75, 3.05) is 20.4 Å². The lowest BCUT2D eigenvalue weighted by Gasteiger charge is -2.37. The fourth-order valence-electron chi connectivity index (χ4n) is 2.66. The lowest BCUT2D eigenvalue weighted by molar-refractivity contribution is -0.170. The van der Waals surface area contributed by atoms with Crippen LogP contribution in [0.1, 0.15) is 11.1 Å². The zero-order chi connectivity index (χ0) is 19.0. The van der Waals surface area contributed by atoms with Crippen LogP contribution in [0, 0.1) is 0 Å². The Morgan fingerprint density at radius 3 is 1.96 bits per heavy atom. The summed E-state index contributed by atoms with van der Waals surface area (Å²) in [7, 11) is 1.42. The first kappa shape index (κ1) is 19.6. The molecule has 2 aromatic carbocycles. The zero-order valence-corrected chi connectivity index (χ0v) is 14.3. The Morgan fingerprint density at radius 2 is 1.54 bits per heavy atom. The number of hydrogen-bond acceptors (Lipinski definition) is 5. The maximum absolute atomic E-state index is 12.0. The highest BCUT2D eigenvalue weighted by atomic mass is 16.5. The maximum atomic E-state index is 12.0. The number of aliphatic carboxylic acids is 1. The number of carbonyl (C=O) groups is 2. The van der Waals surface area contributed by atoms with E-state index in [-0.39, 0.29) is 6.73 Å². The molecule has 26 heavy (non-hydrogen) atoms. The minimum atomic E-state index is -1.93. The van der Waals surface area contributed by atoms with E-state index in [4.69, 9.17) is 9.47 Å². The average molecular weight is 359 g/mol. The van der Waals surface area contributed by atoms with Gasteiger partial charge in [0.1, 0.15) is 13.3 Å². The predicted molar refractivity (Wildman–Crippen MR) is 93.3 cm³/mol. The van der Waals surface area contributed by atoms with Gasteiger partial charge in [-0.25, -0.2) is 4.79 Å². The van der Waals surface area contributed by atoms with Gasteiger partial charge in [0, 0.05) is 7.11 Å². The van der Waals surface area contributed by atoms with Crippen LogP contribution in [0.2, 0.25) is 0 Å². The van der Waals surface area contributed by atoms with Crippen LogP contribution in [0.15, 0.2) is 60.7 Å². The van der Waals surface area contributed by atoms with Crippen LogP contribution in [0.25, 0.3) is 0 Å². The van der Waals surface area contributed by atoms with Gasteiger partial charge in [-0.2, -0.15) is 0 Å². The van der Waals surface area contributed by atoms with Gasteiger partial charge in [-0.1, -0.05) is 60.7 Å². The Morgan fingerprint density at radius 1 is 1.04 bits per heavy atom. The van der Waals surface area contributed by atoms with Crippen molar-refractivity contribution >= 4 is 11.9 Å². The van der Waals surface area contributed by atoms with Gasteiger partial charge in [0.2, 0.25) is 5.91 Å². The van der Waals surface area contributed by atoms with Crippen LogP contribution in [-0.2, 0) is 24.7 Å². The van der Waals surface area contributed by atoms with E-state index in [1.54, 1.807) is 60.7 Å². The molecule has 0 aliphatic carbocycles. The topological polar surface area (TPSA) is 105 Å². The summed E-state index contributed by atoms with van der Waals surface area (Å²) < 4.78 is 10.6. The second kappa shape index (κ2) is 9.10. The molecule has 0 aromatic heterocycles. The van der Waals surface area contributed by atoms with Crippen molar-refractivity contribution in [3.63, 3.8) is 0 Å². The number of benzene rings is 2. The lowest BCUT2D eigenvalue weighted by atomic mass is 9.81. The lowest BCUT2D eigenvalue weighted by Crippen LogP contribution is -2.49. The standard InChI is InChI=1S/C19H21NO6/c1-25-13-20-16(21)12-26-19(17(22)18(23)24,14-8-4-2-5-9-14)15-10-6-3-7-11-15/h2-11,17,22H,12-13H2,1H3,(H,20,21)(H,23,24). The molecule has 2 aromatic rings. The van der Waals surface area contributed by atoms with E-state index in [1.807, 2.05) is 0 Å². The molecule has 1 atom stereocenters. The van der Waals surface area contributed by atoms with Gasteiger partial charge < -0.3 is 25.0 Å².